The third-order valence-corrected chi connectivity index (χ3v) is 3.93. The highest BCUT2D eigenvalue weighted by molar-refractivity contribution is 5.80. The van der Waals surface area contributed by atoms with E-state index >= 15 is 0 Å². The average Bonchev–Trinajstić information content (AvgIpc) is 2.48. The topological polar surface area (TPSA) is 37.4 Å². The molecule has 1 saturated heterocycles. The number of carbonyl (C=O) groups excluding carboxylic acids is 2. The van der Waals surface area contributed by atoms with Crippen LogP contribution in [0.2, 0.25) is 0 Å². The normalized spacial score (nSPS) is 16.8. The number of benzene rings is 1. The van der Waals surface area contributed by atoms with Crippen molar-refractivity contribution >= 4 is 11.7 Å². The highest BCUT2D eigenvalue weighted by Crippen LogP contribution is 2.25. The first-order valence-corrected chi connectivity index (χ1v) is 7.49. The summed E-state index contributed by atoms with van der Waals surface area (Å²) in [5.74, 6) is 0.355. The highest BCUT2D eigenvalue weighted by atomic mass is 16.2. The third kappa shape index (κ3) is 4.19. The van der Waals surface area contributed by atoms with Crippen LogP contribution in [0.15, 0.2) is 30.3 Å². The van der Waals surface area contributed by atoms with Gasteiger partial charge in [-0.2, -0.15) is 0 Å². The molecule has 2 rings (SSSR count). The summed E-state index contributed by atoms with van der Waals surface area (Å²) in [6.07, 6.45) is 4.33. The molecule has 1 aliphatic heterocycles. The molecule has 1 atom stereocenters. The zero-order valence-electron chi connectivity index (χ0n) is 12.2. The minimum Gasteiger partial charge on any atom is -0.343 e. The summed E-state index contributed by atoms with van der Waals surface area (Å²) in [5, 5.41) is 0. The Kier molecular flexibility index (Phi) is 5.33. The standard InChI is InChI=1S/C17H23NO2/c1-14(19)12-16(15-8-4-2-5-9-15)13-17(20)18-10-6-3-7-11-18/h2,4-5,8-9,16H,3,6-7,10-13H2,1H3. The number of hydrogen-bond donors (Lipinski definition) is 0. The monoisotopic (exact) mass is 273 g/mol. The van der Waals surface area contributed by atoms with Crippen LogP contribution in [0, 0.1) is 0 Å². The molecule has 0 N–H and O–H groups in total. The molecular formula is C17H23NO2. The molecule has 3 nitrogen and oxygen atoms in total. The zero-order valence-corrected chi connectivity index (χ0v) is 12.2. The predicted molar refractivity (Wildman–Crippen MR) is 79.5 cm³/mol. The smallest absolute Gasteiger partial charge is 0.223 e. The van der Waals surface area contributed by atoms with Gasteiger partial charge in [0.1, 0.15) is 5.78 Å². The Morgan fingerprint density at radius 3 is 2.30 bits per heavy atom. The molecule has 0 radical (unpaired) electrons. The third-order valence-electron chi connectivity index (χ3n) is 3.93. The van der Waals surface area contributed by atoms with E-state index in [4.69, 9.17) is 0 Å². The van der Waals surface area contributed by atoms with Gasteiger partial charge >= 0.3 is 0 Å². The Hall–Kier alpha value is -1.64. The van der Waals surface area contributed by atoms with Crippen molar-refractivity contribution in [1.82, 2.24) is 4.90 Å². The lowest BCUT2D eigenvalue weighted by atomic mass is 9.90. The SMILES string of the molecule is CC(=O)CC(CC(=O)N1CCCCC1)c1ccccc1. The summed E-state index contributed by atoms with van der Waals surface area (Å²) in [4.78, 5) is 25.8. The molecule has 20 heavy (non-hydrogen) atoms. The molecular weight excluding hydrogens is 250 g/mol. The molecule has 1 aromatic rings. The maximum Gasteiger partial charge on any atom is 0.223 e. The number of ketones is 1. The fourth-order valence-corrected chi connectivity index (χ4v) is 2.86. The first kappa shape index (κ1) is 14.8. The summed E-state index contributed by atoms with van der Waals surface area (Å²) in [5.41, 5.74) is 1.09. The molecule has 3 heteroatoms. The lowest BCUT2D eigenvalue weighted by molar-refractivity contribution is -0.132. The van der Waals surface area contributed by atoms with Gasteiger partial charge in [-0.1, -0.05) is 30.3 Å². The van der Waals surface area contributed by atoms with Gasteiger partial charge in [-0.3, -0.25) is 4.79 Å². The fraction of sp³-hybridized carbons (Fsp3) is 0.529. The molecule has 0 saturated carbocycles. The van der Waals surface area contributed by atoms with Crippen molar-refractivity contribution in [1.29, 1.82) is 0 Å². The number of hydrogen-bond acceptors (Lipinski definition) is 2. The Balaban J connectivity index is 2.03. The number of amides is 1. The maximum absolute atomic E-state index is 12.4. The Labute approximate surface area is 121 Å². The average molecular weight is 273 g/mol. The van der Waals surface area contributed by atoms with Crippen molar-refractivity contribution in [3.05, 3.63) is 35.9 Å². The van der Waals surface area contributed by atoms with E-state index in [1.807, 2.05) is 35.2 Å². The molecule has 1 heterocycles. The van der Waals surface area contributed by atoms with Crippen LogP contribution in [0.5, 0.6) is 0 Å². The van der Waals surface area contributed by atoms with Gasteiger partial charge < -0.3 is 9.69 Å². The lowest BCUT2D eigenvalue weighted by Crippen LogP contribution is -2.36. The molecule has 1 aromatic carbocycles. The number of Topliss-reactive ketones (excluding diaryl/α,β-unsaturated/α-hetero) is 1. The van der Waals surface area contributed by atoms with Crippen molar-refractivity contribution in [2.24, 2.45) is 0 Å². The Morgan fingerprint density at radius 2 is 1.70 bits per heavy atom. The molecule has 1 aliphatic rings. The van der Waals surface area contributed by atoms with E-state index < -0.39 is 0 Å². The van der Waals surface area contributed by atoms with Crippen molar-refractivity contribution < 1.29 is 9.59 Å². The number of nitrogens with zero attached hydrogens (tertiary/aromatic N) is 1. The van der Waals surface area contributed by atoms with Gasteiger partial charge in [0.05, 0.1) is 0 Å². The highest BCUT2D eigenvalue weighted by Gasteiger charge is 2.22. The fourth-order valence-electron chi connectivity index (χ4n) is 2.86. The Bertz CT molecular complexity index is 449. The van der Waals surface area contributed by atoms with Crippen LogP contribution in [0.3, 0.4) is 0 Å². The summed E-state index contributed by atoms with van der Waals surface area (Å²) >= 11 is 0. The van der Waals surface area contributed by atoms with Crippen LogP contribution < -0.4 is 0 Å². The molecule has 1 fully saturated rings. The molecule has 0 spiro atoms. The van der Waals surface area contributed by atoms with Crippen LogP contribution in [0.1, 0.15) is 50.5 Å². The summed E-state index contributed by atoms with van der Waals surface area (Å²) in [6, 6.07) is 9.91. The maximum atomic E-state index is 12.4. The minimum absolute atomic E-state index is 0.0168. The van der Waals surface area contributed by atoms with Crippen LogP contribution in [-0.4, -0.2) is 29.7 Å². The van der Waals surface area contributed by atoms with Gasteiger partial charge in [0.2, 0.25) is 5.91 Å². The first-order chi connectivity index (χ1) is 9.66. The summed E-state index contributed by atoms with van der Waals surface area (Å²) in [7, 11) is 0. The number of carbonyl (C=O) groups is 2. The van der Waals surface area contributed by atoms with Gasteiger partial charge in [0, 0.05) is 25.9 Å². The van der Waals surface area contributed by atoms with Crippen LogP contribution in [-0.2, 0) is 9.59 Å². The van der Waals surface area contributed by atoms with Crippen molar-refractivity contribution in [2.75, 3.05) is 13.1 Å². The van der Waals surface area contributed by atoms with Gasteiger partial charge in [-0.15, -0.1) is 0 Å². The molecule has 0 bridgehead atoms. The van der Waals surface area contributed by atoms with Crippen molar-refractivity contribution in [2.45, 2.75) is 44.9 Å². The van der Waals surface area contributed by atoms with Gasteiger partial charge in [-0.25, -0.2) is 0 Å². The largest absolute Gasteiger partial charge is 0.343 e. The van der Waals surface area contributed by atoms with Crippen LogP contribution in [0.4, 0.5) is 0 Å². The van der Waals surface area contributed by atoms with E-state index in [0.29, 0.717) is 12.8 Å². The number of likely N-dealkylation sites (tertiary alicyclic amines) is 1. The lowest BCUT2D eigenvalue weighted by Gasteiger charge is -2.28. The van der Waals surface area contributed by atoms with E-state index in [-0.39, 0.29) is 17.6 Å². The molecule has 0 aliphatic carbocycles. The second-order valence-electron chi connectivity index (χ2n) is 5.66. The summed E-state index contributed by atoms with van der Waals surface area (Å²) < 4.78 is 0. The zero-order chi connectivity index (χ0) is 14.4. The number of piperidine rings is 1. The van der Waals surface area contributed by atoms with E-state index in [2.05, 4.69) is 0 Å². The van der Waals surface area contributed by atoms with E-state index in [1.165, 1.54) is 6.42 Å². The first-order valence-electron chi connectivity index (χ1n) is 7.49. The molecule has 0 aromatic heterocycles. The van der Waals surface area contributed by atoms with Crippen molar-refractivity contribution in [3.63, 3.8) is 0 Å². The van der Waals surface area contributed by atoms with Crippen LogP contribution >= 0.6 is 0 Å². The second kappa shape index (κ2) is 7.22. The second-order valence-corrected chi connectivity index (χ2v) is 5.66. The minimum atomic E-state index is 0.0168. The quantitative estimate of drug-likeness (QED) is 0.826. The van der Waals surface area contributed by atoms with E-state index in [1.54, 1.807) is 6.92 Å². The Morgan fingerprint density at radius 1 is 1.05 bits per heavy atom. The number of rotatable bonds is 5. The van der Waals surface area contributed by atoms with Gasteiger partial charge in [0.15, 0.2) is 0 Å². The van der Waals surface area contributed by atoms with Crippen LogP contribution in [0.25, 0.3) is 0 Å². The van der Waals surface area contributed by atoms with Crippen molar-refractivity contribution in [3.8, 4) is 0 Å². The molecule has 1 unspecified atom stereocenters. The molecule has 108 valence electrons. The van der Waals surface area contributed by atoms with Gasteiger partial charge in [0.25, 0.3) is 0 Å². The summed E-state index contributed by atoms with van der Waals surface area (Å²) in [6.45, 7) is 3.35. The predicted octanol–water partition coefficient (Wildman–Crippen LogP) is 3.15. The van der Waals surface area contributed by atoms with Gasteiger partial charge in [-0.05, 0) is 37.7 Å². The van der Waals surface area contributed by atoms with E-state index in [9.17, 15) is 9.59 Å². The van der Waals surface area contributed by atoms with E-state index in [0.717, 1.165) is 31.5 Å². The molecule has 1 amide bonds.